The van der Waals surface area contributed by atoms with E-state index in [1.165, 1.54) is 0 Å². The molecule has 1 amide bonds. The number of anilines is 1. The standard InChI is InChI=1S/C21H19BrClNO4/c1-12-7-13(2)21(17(22)8-12)27-11-20(26)24-14-3-5-16(18(23)9-14)19-6-4-15(10-25)28-19/h3-9,25H,10-11H2,1-2H3,(H,24,26). The van der Waals surface area contributed by atoms with E-state index in [0.717, 1.165) is 15.6 Å². The van der Waals surface area contributed by atoms with Gasteiger partial charge in [0.2, 0.25) is 0 Å². The van der Waals surface area contributed by atoms with E-state index < -0.39 is 0 Å². The Hall–Kier alpha value is -2.28. The van der Waals surface area contributed by atoms with Crippen molar-refractivity contribution in [3.63, 3.8) is 0 Å². The zero-order valence-corrected chi connectivity index (χ0v) is 17.7. The van der Waals surface area contributed by atoms with Gasteiger partial charge in [-0.2, -0.15) is 0 Å². The minimum absolute atomic E-state index is 0.125. The Morgan fingerprint density at radius 3 is 2.64 bits per heavy atom. The van der Waals surface area contributed by atoms with Crippen LogP contribution in [-0.2, 0) is 11.4 Å². The Morgan fingerprint density at radius 2 is 2.00 bits per heavy atom. The number of carbonyl (C=O) groups excluding carboxylic acids is 1. The van der Waals surface area contributed by atoms with Crippen LogP contribution in [0, 0.1) is 13.8 Å². The summed E-state index contributed by atoms with van der Waals surface area (Å²) in [4.78, 5) is 12.2. The molecule has 0 fully saturated rings. The zero-order valence-electron chi connectivity index (χ0n) is 15.4. The van der Waals surface area contributed by atoms with Crippen molar-refractivity contribution in [2.75, 3.05) is 11.9 Å². The number of benzene rings is 2. The number of rotatable bonds is 6. The molecule has 2 aromatic carbocycles. The predicted octanol–water partition coefficient (Wildman–Crippen LogP) is 5.49. The SMILES string of the molecule is Cc1cc(C)c(OCC(=O)Nc2ccc(-c3ccc(CO)o3)c(Cl)c2)c(Br)c1. The fourth-order valence-corrected chi connectivity index (χ4v) is 3.88. The highest BCUT2D eigenvalue weighted by atomic mass is 79.9. The van der Waals surface area contributed by atoms with Gasteiger partial charge in [-0.3, -0.25) is 4.79 Å². The molecule has 0 aliphatic carbocycles. The Balaban J connectivity index is 1.65. The first-order chi connectivity index (χ1) is 13.4. The summed E-state index contributed by atoms with van der Waals surface area (Å²) in [7, 11) is 0. The molecule has 3 rings (SSSR count). The van der Waals surface area contributed by atoms with E-state index in [-0.39, 0.29) is 19.1 Å². The highest BCUT2D eigenvalue weighted by Crippen LogP contribution is 2.32. The zero-order chi connectivity index (χ0) is 20.3. The lowest BCUT2D eigenvalue weighted by Gasteiger charge is -2.12. The monoisotopic (exact) mass is 463 g/mol. The molecule has 28 heavy (non-hydrogen) atoms. The second kappa shape index (κ2) is 8.82. The van der Waals surface area contributed by atoms with Gasteiger partial charge in [-0.15, -0.1) is 0 Å². The Morgan fingerprint density at radius 1 is 1.21 bits per heavy atom. The van der Waals surface area contributed by atoms with Crippen molar-refractivity contribution in [2.24, 2.45) is 0 Å². The van der Waals surface area contributed by atoms with Gasteiger partial charge < -0.3 is 19.6 Å². The molecule has 0 saturated carbocycles. The number of aliphatic hydroxyl groups excluding tert-OH is 1. The number of halogens is 2. The molecule has 0 saturated heterocycles. The third kappa shape index (κ3) is 4.76. The minimum atomic E-state index is -0.295. The number of nitrogens with one attached hydrogen (secondary N) is 1. The van der Waals surface area contributed by atoms with Crippen molar-refractivity contribution in [3.8, 4) is 17.1 Å². The van der Waals surface area contributed by atoms with Gasteiger partial charge in [0.1, 0.15) is 23.9 Å². The first-order valence-electron chi connectivity index (χ1n) is 8.56. The lowest BCUT2D eigenvalue weighted by molar-refractivity contribution is -0.118. The van der Waals surface area contributed by atoms with Gasteiger partial charge in [0.25, 0.3) is 5.91 Å². The molecule has 0 aliphatic rings. The fourth-order valence-electron chi connectivity index (χ4n) is 2.82. The van der Waals surface area contributed by atoms with Crippen molar-refractivity contribution in [2.45, 2.75) is 20.5 Å². The molecule has 2 N–H and O–H groups in total. The topological polar surface area (TPSA) is 71.7 Å². The van der Waals surface area contributed by atoms with E-state index in [1.54, 1.807) is 30.3 Å². The highest BCUT2D eigenvalue weighted by molar-refractivity contribution is 9.10. The van der Waals surface area contributed by atoms with Crippen molar-refractivity contribution in [3.05, 3.63) is 68.8 Å². The van der Waals surface area contributed by atoms with Crippen LogP contribution in [-0.4, -0.2) is 17.6 Å². The first-order valence-corrected chi connectivity index (χ1v) is 9.73. The lowest BCUT2D eigenvalue weighted by Crippen LogP contribution is -2.20. The first kappa shape index (κ1) is 20.5. The average molecular weight is 465 g/mol. The normalized spacial score (nSPS) is 10.8. The largest absolute Gasteiger partial charge is 0.482 e. The fraction of sp³-hybridized carbons (Fsp3) is 0.190. The lowest BCUT2D eigenvalue weighted by atomic mass is 10.1. The summed E-state index contributed by atoms with van der Waals surface area (Å²) in [6.45, 7) is 3.62. The molecule has 0 aliphatic heterocycles. The third-order valence-electron chi connectivity index (χ3n) is 4.06. The van der Waals surface area contributed by atoms with Gasteiger partial charge in [-0.05, 0) is 77.3 Å². The van der Waals surface area contributed by atoms with Crippen LogP contribution in [0.25, 0.3) is 11.3 Å². The summed E-state index contributed by atoms with van der Waals surface area (Å²) >= 11 is 9.78. The summed E-state index contributed by atoms with van der Waals surface area (Å²) in [5, 5.41) is 12.3. The molecule has 0 unspecified atom stereocenters. The third-order valence-corrected chi connectivity index (χ3v) is 4.96. The summed E-state index contributed by atoms with van der Waals surface area (Å²) in [5.74, 6) is 1.36. The summed E-state index contributed by atoms with van der Waals surface area (Å²) in [5.41, 5.74) is 3.29. The van der Waals surface area contributed by atoms with E-state index in [4.69, 9.17) is 25.9 Å². The van der Waals surface area contributed by atoms with E-state index in [9.17, 15) is 4.79 Å². The summed E-state index contributed by atoms with van der Waals surface area (Å²) in [6.07, 6.45) is 0. The molecule has 1 aromatic heterocycles. The molecular weight excluding hydrogens is 446 g/mol. The quantitative estimate of drug-likeness (QED) is 0.506. The Bertz CT molecular complexity index is 992. The molecule has 7 heteroatoms. The number of carbonyl (C=O) groups is 1. The molecule has 0 spiro atoms. The van der Waals surface area contributed by atoms with Gasteiger partial charge in [0, 0.05) is 11.3 Å². The van der Waals surface area contributed by atoms with Crippen LogP contribution in [0.15, 0.2) is 51.4 Å². The van der Waals surface area contributed by atoms with Crippen LogP contribution in [0.2, 0.25) is 5.02 Å². The van der Waals surface area contributed by atoms with Crippen LogP contribution >= 0.6 is 27.5 Å². The van der Waals surface area contributed by atoms with Gasteiger partial charge in [0.05, 0.1) is 9.50 Å². The molecule has 0 atom stereocenters. The van der Waals surface area contributed by atoms with Crippen LogP contribution in [0.4, 0.5) is 5.69 Å². The van der Waals surface area contributed by atoms with Crippen LogP contribution in [0.1, 0.15) is 16.9 Å². The second-order valence-corrected chi connectivity index (χ2v) is 7.61. The molecular formula is C21H19BrClNO4. The Kier molecular flexibility index (Phi) is 6.44. The maximum absolute atomic E-state index is 12.2. The predicted molar refractivity (Wildman–Crippen MR) is 113 cm³/mol. The molecule has 3 aromatic rings. The van der Waals surface area contributed by atoms with Gasteiger partial charge in [-0.25, -0.2) is 0 Å². The minimum Gasteiger partial charge on any atom is -0.482 e. The van der Waals surface area contributed by atoms with Crippen molar-refractivity contribution >= 4 is 39.1 Å². The van der Waals surface area contributed by atoms with E-state index in [1.807, 2.05) is 26.0 Å². The highest BCUT2D eigenvalue weighted by Gasteiger charge is 2.12. The number of furan rings is 1. The number of aliphatic hydroxyl groups is 1. The van der Waals surface area contributed by atoms with Gasteiger partial charge in [0.15, 0.2) is 6.61 Å². The van der Waals surface area contributed by atoms with Crippen LogP contribution in [0.5, 0.6) is 5.75 Å². The second-order valence-electron chi connectivity index (χ2n) is 6.35. The maximum atomic E-state index is 12.2. The van der Waals surface area contributed by atoms with Crippen LogP contribution in [0.3, 0.4) is 0 Å². The molecule has 0 bridgehead atoms. The van der Waals surface area contributed by atoms with Gasteiger partial charge in [-0.1, -0.05) is 17.7 Å². The van der Waals surface area contributed by atoms with Crippen molar-refractivity contribution < 1.29 is 19.1 Å². The van der Waals surface area contributed by atoms with Crippen LogP contribution < -0.4 is 10.1 Å². The number of aryl methyl sites for hydroxylation is 2. The maximum Gasteiger partial charge on any atom is 0.262 e. The van der Waals surface area contributed by atoms with E-state index in [2.05, 4.69) is 21.2 Å². The number of hydrogen-bond acceptors (Lipinski definition) is 4. The summed E-state index contributed by atoms with van der Waals surface area (Å²) in [6, 6.07) is 12.5. The molecule has 0 radical (unpaired) electrons. The average Bonchev–Trinajstić information content (AvgIpc) is 3.09. The van der Waals surface area contributed by atoms with Crippen molar-refractivity contribution in [1.29, 1.82) is 0 Å². The number of ether oxygens (including phenoxy) is 1. The van der Waals surface area contributed by atoms with Crippen molar-refractivity contribution in [1.82, 2.24) is 0 Å². The Labute approximate surface area is 176 Å². The molecule has 1 heterocycles. The number of hydrogen-bond donors (Lipinski definition) is 2. The van der Waals surface area contributed by atoms with Gasteiger partial charge >= 0.3 is 0 Å². The molecule has 146 valence electrons. The van der Waals surface area contributed by atoms with E-state index >= 15 is 0 Å². The number of amides is 1. The summed E-state index contributed by atoms with van der Waals surface area (Å²) < 4.78 is 12.0. The molecule has 5 nitrogen and oxygen atoms in total. The van der Waals surface area contributed by atoms with E-state index in [0.29, 0.717) is 33.5 Å². The smallest absolute Gasteiger partial charge is 0.262 e.